The van der Waals surface area contributed by atoms with Crippen molar-refractivity contribution in [3.8, 4) is 0 Å². The first-order valence-corrected chi connectivity index (χ1v) is 5.18. The van der Waals surface area contributed by atoms with E-state index in [1.807, 2.05) is 0 Å². The van der Waals surface area contributed by atoms with Crippen LogP contribution in [0.2, 0.25) is 0 Å². The fraction of sp³-hybridized carbons (Fsp3) is 0.154. The van der Waals surface area contributed by atoms with Crippen molar-refractivity contribution < 1.29 is 13.6 Å². The van der Waals surface area contributed by atoms with E-state index in [9.17, 15) is 9.18 Å². The summed E-state index contributed by atoms with van der Waals surface area (Å²) in [5, 5.41) is 0. The van der Waals surface area contributed by atoms with E-state index >= 15 is 0 Å². The summed E-state index contributed by atoms with van der Waals surface area (Å²) in [4.78, 5) is 12.6. The molecule has 0 radical (unpaired) electrons. The first-order valence-electron chi connectivity index (χ1n) is 5.18. The number of benzene rings is 1. The topological polar surface area (TPSA) is 33.5 Å². The molecule has 0 amide bonds. The minimum absolute atomic E-state index is 0.309. The quantitative estimate of drug-likeness (QED) is 0.761. The summed E-state index contributed by atoms with van der Waals surface area (Å²) in [5.74, 6) is -0.402. The van der Waals surface area contributed by atoms with Gasteiger partial charge in [-0.05, 0) is 18.2 Å². The third-order valence-electron chi connectivity index (χ3n) is 2.53. The van der Waals surface area contributed by atoms with Gasteiger partial charge in [-0.25, -0.2) is 4.39 Å². The van der Waals surface area contributed by atoms with E-state index in [2.05, 4.69) is 0 Å². The largest absolute Gasteiger partial charge is 0.472 e. The molecule has 1 aromatic carbocycles. The van der Waals surface area contributed by atoms with E-state index in [-0.39, 0.29) is 0 Å². The Bertz CT molecular complexity index is 508. The molecule has 0 atom stereocenters. The summed E-state index contributed by atoms with van der Waals surface area (Å²) >= 11 is 0. The molecule has 0 bridgehead atoms. The van der Waals surface area contributed by atoms with Crippen LogP contribution in [0.1, 0.15) is 15.9 Å². The maximum atomic E-state index is 13.7. The van der Waals surface area contributed by atoms with Crippen molar-refractivity contribution in [1.29, 1.82) is 0 Å². The molecular weight excluding hydrogens is 221 g/mol. The minimum Gasteiger partial charge on any atom is -0.472 e. The lowest BCUT2D eigenvalue weighted by atomic mass is 10.1. The van der Waals surface area contributed by atoms with Gasteiger partial charge < -0.3 is 9.32 Å². The molecule has 0 fully saturated rings. The van der Waals surface area contributed by atoms with Crippen LogP contribution in [0, 0.1) is 5.82 Å². The molecule has 88 valence electrons. The van der Waals surface area contributed by atoms with Crippen molar-refractivity contribution in [2.45, 2.75) is 6.54 Å². The number of hydrogen-bond donors (Lipinski definition) is 0. The number of carbonyl (C=O) groups is 1. The van der Waals surface area contributed by atoms with Crippen LogP contribution in [0.25, 0.3) is 0 Å². The molecule has 4 heteroatoms. The zero-order valence-corrected chi connectivity index (χ0v) is 9.39. The van der Waals surface area contributed by atoms with Gasteiger partial charge in [0.2, 0.25) is 0 Å². The Morgan fingerprint density at radius 2 is 2.24 bits per heavy atom. The van der Waals surface area contributed by atoms with Crippen LogP contribution in [-0.2, 0) is 6.54 Å². The summed E-state index contributed by atoms with van der Waals surface area (Å²) in [5.41, 5.74) is 1.58. The zero-order chi connectivity index (χ0) is 12.3. The van der Waals surface area contributed by atoms with Gasteiger partial charge in [0.05, 0.1) is 18.2 Å². The maximum Gasteiger partial charge on any atom is 0.152 e. The Morgan fingerprint density at radius 3 is 2.88 bits per heavy atom. The van der Waals surface area contributed by atoms with E-state index in [0.717, 1.165) is 5.56 Å². The SMILES string of the molecule is CN(Cc1ccoc1)c1c(F)cccc1C=O. The van der Waals surface area contributed by atoms with Crippen molar-refractivity contribution in [3.05, 3.63) is 53.7 Å². The number of nitrogens with zero attached hydrogens (tertiary/aromatic N) is 1. The van der Waals surface area contributed by atoms with Crippen LogP contribution in [-0.4, -0.2) is 13.3 Å². The molecule has 0 aliphatic rings. The highest BCUT2D eigenvalue weighted by Gasteiger charge is 2.13. The molecule has 2 aromatic rings. The van der Waals surface area contributed by atoms with E-state index in [4.69, 9.17) is 4.42 Å². The number of aldehydes is 1. The van der Waals surface area contributed by atoms with Crippen LogP contribution in [0.4, 0.5) is 10.1 Å². The standard InChI is InChI=1S/C13H12FNO2/c1-15(7-10-5-6-17-9-10)13-11(8-16)3-2-4-12(13)14/h2-6,8-9H,7H2,1H3. The monoisotopic (exact) mass is 233 g/mol. The molecule has 1 aromatic heterocycles. The van der Waals surface area contributed by atoms with Gasteiger partial charge in [0.15, 0.2) is 6.29 Å². The summed E-state index contributed by atoms with van der Waals surface area (Å²) in [6.07, 6.45) is 3.81. The van der Waals surface area contributed by atoms with Crippen LogP contribution in [0.15, 0.2) is 41.2 Å². The highest BCUT2D eigenvalue weighted by atomic mass is 19.1. The van der Waals surface area contributed by atoms with Crippen molar-refractivity contribution >= 4 is 12.0 Å². The molecule has 0 spiro atoms. The van der Waals surface area contributed by atoms with Crippen LogP contribution in [0.5, 0.6) is 0 Å². The lowest BCUT2D eigenvalue weighted by Crippen LogP contribution is -2.19. The van der Waals surface area contributed by atoms with Crippen LogP contribution in [0.3, 0.4) is 0 Å². The van der Waals surface area contributed by atoms with Gasteiger partial charge in [-0.15, -0.1) is 0 Å². The third kappa shape index (κ3) is 2.36. The number of para-hydroxylation sites is 1. The highest BCUT2D eigenvalue weighted by molar-refractivity contribution is 5.84. The Labute approximate surface area is 98.5 Å². The van der Waals surface area contributed by atoms with Gasteiger partial charge in [-0.2, -0.15) is 0 Å². The minimum atomic E-state index is -0.402. The Morgan fingerprint density at radius 1 is 1.41 bits per heavy atom. The number of hydrogen-bond acceptors (Lipinski definition) is 3. The first-order chi connectivity index (χ1) is 8.22. The van der Waals surface area contributed by atoms with E-state index in [1.165, 1.54) is 12.1 Å². The maximum absolute atomic E-state index is 13.7. The summed E-state index contributed by atoms with van der Waals surface area (Å²) < 4.78 is 18.6. The number of rotatable bonds is 4. The fourth-order valence-electron chi connectivity index (χ4n) is 1.77. The van der Waals surface area contributed by atoms with Gasteiger partial charge in [0.1, 0.15) is 5.82 Å². The van der Waals surface area contributed by atoms with Gasteiger partial charge in [0.25, 0.3) is 0 Å². The summed E-state index contributed by atoms with van der Waals surface area (Å²) in [7, 11) is 1.73. The average Bonchev–Trinajstić information content (AvgIpc) is 2.81. The molecule has 0 aliphatic carbocycles. The second-order valence-corrected chi connectivity index (χ2v) is 3.78. The van der Waals surface area contributed by atoms with Crippen molar-refractivity contribution in [2.24, 2.45) is 0 Å². The molecule has 0 aliphatic heterocycles. The third-order valence-corrected chi connectivity index (χ3v) is 2.53. The van der Waals surface area contributed by atoms with E-state index < -0.39 is 5.82 Å². The molecule has 3 nitrogen and oxygen atoms in total. The predicted molar refractivity (Wildman–Crippen MR) is 62.6 cm³/mol. The molecule has 0 saturated heterocycles. The summed E-state index contributed by atoms with van der Waals surface area (Å²) in [6.45, 7) is 0.484. The predicted octanol–water partition coefficient (Wildman–Crippen LogP) is 2.87. The molecule has 0 unspecified atom stereocenters. The molecule has 0 saturated carbocycles. The first kappa shape index (κ1) is 11.4. The number of furan rings is 1. The van der Waals surface area contributed by atoms with Crippen molar-refractivity contribution in [3.63, 3.8) is 0 Å². The van der Waals surface area contributed by atoms with Gasteiger partial charge in [-0.3, -0.25) is 4.79 Å². The second kappa shape index (κ2) is 4.82. The van der Waals surface area contributed by atoms with E-state index in [1.54, 1.807) is 36.6 Å². The fourth-order valence-corrected chi connectivity index (χ4v) is 1.77. The smallest absolute Gasteiger partial charge is 0.152 e. The molecule has 2 rings (SSSR count). The van der Waals surface area contributed by atoms with E-state index in [0.29, 0.717) is 24.1 Å². The Hall–Kier alpha value is -2.10. The lowest BCUT2D eigenvalue weighted by Gasteiger charge is -2.20. The van der Waals surface area contributed by atoms with Crippen molar-refractivity contribution in [1.82, 2.24) is 0 Å². The molecule has 0 N–H and O–H groups in total. The van der Waals surface area contributed by atoms with Gasteiger partial charge in [-0.1, -0.05) is 6.07 Å². The zero-order valence-electron chi connectivity index (χ0n) is 9.39. The highest BCUT2D eigenvalue weighted by Crippen LogP contribution is 2.23. The Kier molecular flexibility index (Phi) is 3.23. The van der Waals surface area contributed by atoms with Crippen molar-refractivity contribution in [2.75, 3.05) is 11.9 Å². The van der Waals surface area contributed by atoms with Crippen LogP contribution < -0.4 is 4.90 Å². The summed E-state index contributed by atoms with van der Waals surface area (Å²) in [6, 6.07) is 6.26. The normalized spacial score (nSPS) is 10.2. The van der Waals surface area contributed by atoms with Crippen LogP contribution >= 0.6 is 0 Å². The Balaban J connectivity index is 2.30. The van der Waals surface area contributed by atoms with Gasteiger partial charge in [0, 0.05) is 24.7 Å². The lowest BCUT2D eigenvalue weighted by molar-refractivity contribution is 0.112. The number of carbonyl (C=O) groups excluding carboxylic acids is 1. The number of halogens is 1. The second-order valence-electron chi connectivity index (χ2n) is 3.78. The molecular formula is C13H12FNO2. The average molecular weight is 233 g/mol. The molecule has 17 heavy (non-hydrogen) atoms. The molecule has 1 heterocycles. The number of anilines is 1. The van der Waals surface area contributed by atoms with Gasteiger partial charge >= 0.3 is 0 Å².